The van der Waals surface area contributed by atoms with Crippen LogP contribution in [0, 0.1) is 0 Å². The number of urea groups is 1. The van der Waals surface area contributed by atoms with Gasteiger partial charge < -0.3 is 20.3 Å². The first-order valence-corrected chi connectivity index (χ1v) is 6.00. The molecule has 21 heavy (non-hydrogen) atoms. The van der Waals surface area contributed by atoms with Gasteiger partial charge in [0.05, 0.1) is 12.1 Å². The lowest BCUT2D eigenvalue weighted by Gasteiger charge is -2.23. The summed E-state index contributed by atoms with van der Waals surface area (Å²) >= 11 is 0. The van der Waals surface area contributed by atoms with Crippen LogP contribution < -0.4 is 16.2 Å². The van der Waals surface area contributed by atoms with E-state index in [1.54, 1.807) is 13.8 Å². The Morgan fingerprint density at radius 1 is 1.38 bits per heavy atom. The van der Waals surface area contributed by atoms with Gasteiger partial charge in [-0.15, -0.1) is 0 Å². The van der Waals surface area contributed by atoms with Gasteiger partial charge in [0, 0.05) is 6.20 Å². The highest BCUT2D eigenvalue weighted by molar-refractivity contribution is 5.89. The van der Waals surface area contributed by atoms with Crippen molar-refractivity contribution in [3.63, 3.8) is 0 Å². The number of hydrogen-bond donors (Lipinski definition) is 3. The molecular weight excluding hydrogens is 291 g/mol. The monoisotopic (exact) mass is 307 g/mol. The topological polar surface area (TPSA) is 83.4 Å². The highest BCUT2D eigenvalue weighted by atomic mass is 19.4. The molecule has 1 rings (SSSR count). The Balaban J connectivity index is 2.88. The quantitative estimate of drug-likeness (QED) is 0.784. The molecule has 0 saturated heterocycles. The molecule has 0 atom stereocenters. The van der Waals surface area contributed by atoms with E-state index in [4.69, 9.17) is 5.11 Å². The van der Waals surface area contributed by atoms with Crippen LogP contribution in [-0.2, 0) is 6.54 Å². The third-order valence-electron chi connectivity index (χ3n) is 2.47. The normalized spacial score (nSPS) is 12.1. The SMILES string of the molecule is CC(C)(CO)NC(=O)Nc1cccn(CC(F)(F)F)c1=O. The first kappa shape index (κ1) is 17.0. The standard InChI is InChI=1S/C12H16F3N3O3/c1-11(2,7-19)17-10(21)16-8-4-3-5-18(9(8)20)6-12(13,14)15/h3-5,19H,6-7H2,1-2H3,(H2,16,17,21). The maximum atomic E-state index is 12.3. The van der Waals surface area contributed by atoms with Crippen LogP contribution in [0.4, 0.5) is 23.7 Å². The molecule has 0 fully saturated rings. The second kappa shape index (κ2) is 6.17. The highest BCUT2D eigenvalue weighted by Gasteiger charge is 2.28. The van der Waals surface area contributed by atoms with E-state index < -0.39 is 29.9 Å². The van der Waals surface area contributed by atoms with Crippen LogP contribution in [-0.4, -0.2) is 34.0 Å². The van der Waals surface area contributed by atoms with Crippen molar-refractivity contribution in [2.75, 3.05) is 11.9 Å². The number of carbonyl (C=O) groups is 1. The molecule has 0 spiro atoms. The molecule has 0 aromatic carbocycles. The molecule has 0 unspecified atom stereocenters. The average molecular weight is 307 g/mol. The summed E-state index contributed by atoms with van der Waals surface area (Å²) in [5.41, 5.74) is -2.18. The van der Waals surface area contributed by atoms with Crippen molar-refractivity contribution in [2.24, 2.45) is 0 Å². The Bertz CT molecular complexity index is 567. The number of amides is 2. The maximum absolute atomic E-state index is 12.3. The van der Waals surface area contributed by atoms with Gasteiger partial charge in [-0.25, -0.2) is 4.79 Å². The number of nitrogens with zero attached hydrogens (tertiary/aromatic N) is 1. The van der Waals surface area contributed by atoms with Gasteiger partial charge in [0.25, 0.3) is 5.56 Å². The minimum atomic E-state index is -4.54. The largest absolute Gasteiger partial charge is 0.406 e. The lowest BCUT2D eigenvalue weighted by molar-refractivity contribution is -0.141. The fourth-order valence-corrected chi connectivity index (χ4v) is 1.45. The summed E-state index contributed by atoms with van der Waals surface area (Å²) in [6.07, 6.45) is -3.56. The van der Waals surface area contributed by atoms with Gasteiger partial charge >= 0.3 is 12.2 Å². The second-order valence-electron chi connectivity index (χ2n) is 5.09. The molecular formula is C12H16F3N3O3. The molecule has 0 aliphatic heterocycles. The predicted octanol–water partition coefficient (Wildman–Crippen LogP) is 1.30. The van der Waals surface area contributed by atoms with E-state index in [0.717, 1.165) is 6.20 Å². The maximum Gasteiger partial charge on any atom is 0.406 e. The van der Waals surface area contributed by atoms with Gasteiger partial charge in [0.2, 0.25) is 0 Å². The Labute approximate surface area is 118 Å². The summed E-state index contributed by atoms with van der Waals surface area (Å²) in [5, 5.41) is 13.5. The Hall–Kier alpha value is -2.03. The number of hydrogen-bond acceptors (Lipinski definition) is 3. The number of aliphatic hydroxyl groups excluding tert-OH is 1. The van der Waals surface area contributed by atoms with Crippen LogP contribution in [0.5, 0.6) is 0 Å². The van der Waals surface area contributed by atoms with Gasteiger partial charge in [-0.2, -0.15) is 13.2 Å². The summed E-state index contributed by atoms with van der Waals surface area (Å²) in [7, 11) is 0. The van der Waals surface area contributed by atoms with Crippen molar-refractivity contribution in [3.8, 4) is 0 Å². The molecule has 1 aromatic rings. The summed E-state index contributed by atoms with van der Waals surface area (Å²) in [5.74, 6) is 0. The summed E-state index contributed by atoms with van der Waals surface area (Å²) in [6, 6.07) is 1.62. The van der Waals surface area contributed by atoms with Crippen LogP contribution in [0.2, 0.25) is 0 Å². The van der Waals surface area contributed by atoms with Gasteiger partial charge in [0.1, 0.15) is 12.2 Å². The Kier molecular flexibility index (Phi) is 5.00. The third kappa shape index (κ3) is 5.46. The van der Waals surface area contributed by atoms with E-state index in [2.05, 4.69) is 10.6 Å². The molecule has 0 aliphatic carbocycles. The molecule has 0 radical (unpaired) electrons. The Morgan fingerprint density at radius 2 is 2.00 bits per heavy atom. The lowest BCUT2D eigenvalue weighted by Crippen LogP contribution is -2.48. The number of halogens is 3. The number of pyridine rings is 1. The number of carbonyl (C=O) groups excluding carboxylic acids is 1. The third-order valence-corrected chi connectivity index (χ3v) is 2.47. The van der Waals surface area contributed by atoms with Crippen molar-refractivity contribution in [1.29, 1.82) is 0 Å². The molecule has 9 heteroatoms. The van der Waals surface area contributed by atoms with Crippen molar-refractivity contribution in [2.45, 2.75) is 32.1 Å². The van der Waals surface area contributed by atoms with Gasteiger partial charge in [-0.3, -0.25) is 4.79 Å². The van der Waals surface area contributed by atoms with E-state index in [-0.39, 0.29) is 12.3 Å². The minimum absolute atomic E-state index is 0.284. The fourth-order valence-electron chi connectivity index (χ4n) is 1.45. The highest BCUT2D eigenvalue weighted by Crippen LogP contribution is 2.16. The van der Waals surface area contributed by atoms with Gasteiger partial charge in [0.15, 0.2) is 0 Å². The Morgan fingerprint density at radius 3 is 2.52 bits per heavy atom. The second-order valence-corrected chi connectivity index (χ2v) is 5.09. The fraction of sp³-hybridized carbons (Fsp3) is 0.500. The molecule has 0 aliphatic rings. The molecule has 6 nitrogen and oxygen atoms in total. The van der Waals surface area contributed by atoms with Gasteiger partial charge in [-0.1, -0.05) is 0 Å². The first-order chi connectivity index (χ1) is 9.54. The van der Waals surface area contributed by atoms with Crippen LogP contribution in [0.1, 0.15) is 13.8 Å². The van der Waals surface area contributed by atoms with E-state index >= 15 is 0 Å². The lowest BCUT2D eigenvalue weighted by atomic mass is 10.1. The molecule has 1 aromatic heterocycles. The molecule has 0 saturated carbocycles. The predicted molar refractivity (Wildman–Crippen MR) is 70.1 cm³/mol. The summed E-state index contributed by atoms with van der Waals surface area (Å²) < 4.78 is 37.3. The number of nitrogens with one attached hydrogen (secondary N) is 2. The van der Waals surface area contributed by atoms with Crippen molar-refractivity contribution in [1.82, 2.24) is 9.88 Å². The zero-order chi connectivity index (χ0) is 16.3. The summed E-state index contributed by atoms with van der Waals surface area (Å²) in [4.78, 5) is 23.4. The van der Waals surface area contributed by atoms with E-state index in [0.29, 0.717) is 4.57 Å². The molecule has 3 N–H and O–H groups in total. The van der Waals surface area contributed by atoms with Crippen molar-refractivity contribution >= 4 is 11.7 Å². The average Bonchev–Trinajstić information content (AvgIpc) is 2.32. The number of alkyl halides is 3. The zero-order valence-corrected chi connectivity index (χ0v) is 11.5. The van der Waals surface area contributed by atoms with Crippen molar-refractivity contribution < 1.29 is 23.1 Å². The van der Waals surface area contributed by atoms with Gasteiger partial charge in [-0.05, 0) is 26.0 Å². The number of aromatic nitrogens is 1. The zero-order valence-electron chi connectivity index (χ0n) is 11.5. The minimum Gasteiger partial charge on any atom is -0.394 e. The van der Waals surface area contributed by atoms with Crippen LogP contribution in [0.15, 0.2) is 23.1 Å². The summed E-state index contributed by atoms with van der Waals surface area (Å²) in [6.45, 7) is 1.30. The van der Waals surface area contributed by atoms with Crippen LogP contribution in [0.25, 0.3) is 0 Å². The molecule has 118 valence electrons. The number of rotatable bonds is 4. The number of aliphatic hydroxyl groups is 1. The van der Waals surface area contributed by atoms with Crippen molar-refractivity contribution in [3.05, 3.63) is 28.7 Å². The first-order valence-electron chi connectivity index (χ1n) is 6.00. The van der Waals surface area contributed by atoms with Crippen LogP contribution in [0.3, 0.4) is 0 Å². The number of anilines is 1. The molecule has 1 heterocycles. The van der Waals surface area contributed by atoms with E-state index in [1.165, 1.54) is 12.1 Å². The van der Waals surface area contributed by atoms with E-state index in [1.807, 2.05) is 0 Å². The smallest absolute Gasteiger partial charge is 0.394 e. The van der Waals surface area contributed by atoms with E-state index in [9.17, 15) is 22.8 Å². The van der Waals surface area contributed by atoms with Crippen LogP contribution >= 0.6 is 0 Å². The molecule has 2 amide bonds. The molecule has 0 bridgehead atoms.